The molecule has 1 aliphatic heterocycles. The Morgan fingerprint density at radius 1 is 1.25 bits per heavy atom. The zero-order chi connectivity index (χ0) is 19.8. The average molecular weight is 410 g/mol. The predicted octanol–water partition coefficient (Wildman–Crippen LogP) is 3.16. The van der Waals surface area contributed by atoms with Crippen LogP contribution in [0.15, 0.2) is 58.5 Å². The highest BCUT2D eigenvalue weighted by molar-refractivity contribution is 7.98. The van der Waals surface area contributed by atoms with E-state index in [1.165, 1.54) is 0 Å². The molecular weight excluding hydrogens is 390 g/mol. The Bertz CT molecular complexity index is 1120. The number of fused-ring (bicyclic) bond motifs is 1. The summed E-state index contributed by atoms with van der Waals surface area (Å²) < 4.78 is 1.94. The van der Waals surface area contributed by atoms with E-state index in [1.807, 2.05) is 59.4 Å². The Morgan fingerprint density at radius 2 is 2.00 bits per heavy atom. The van der Waals surface area contributed by atoms with E-state index < -0.39 is 6.17 Å². The third-order valence-corrected chi connectivity index (χ3v) is 5.57. The number of hydrogen-bond donors (Lipinski definition) is 3. The smallest absolute Gasteiger partial charge is 0.188 e. The molecule has 0 aliphatic carbocycles. The molecule has 0 amide bonds. The maximum absolute atomic E-state index is 12.7. The lowest BCUT2D eigenvalue weighted by atomic mass is 10.0. The molecule has 2 aromatic carbocycles. The van der Waals surface area contributed by atoms with Crippen LogP contribution in [0.25, 0.3) is 22.2 Å². The summed E-state index contributed by atoms with van der Waals surface area (Å²) in [5.41, 5.74) is 12.3. The second-order valence-electron chi connectivity index (χ2n) is 6.40. The molecule has 142 valence electrons. The van der Waals surface area contributed by atoms with Crippen LogP contribution in [0.2, 0.25) is 0 Å². The number of carbonyl (C=O) groups is 1. The van der Waals surface area contributed by atoms with Gasteiger partial charge in [-0.15, -0.1) is 11.8 Å². The van der Waals surface area contributed by atoms with E-state index in [-0.39, 0.29) is 5.78 Å². The van der Waals surface area contributed by atoms with Crippen molar-refractivity contribution in [3.63, 3.8) is 0 Å². The molecule has 0 fully saturated rings. The minimum atomic E-state index is -0.605. The molecule has 4 N–H and O–H groups in total. The predicted molar refractivity (Wildman–Crippen MR) is 119 cm³/mol. The van der Waals surface area contributed by atoms with Crippen molar-refractivity contribution >= 4 is 51.6 Å². The number of thioether (sulfide) groups is 1. The maximum atomic E-state index is 12.7. The van der Waals surface area contributed by atoms with Crippen molar-refractivity contribution < 1.29 is 4.79 Å². The number of nitrogens with zero attached hydrogens (tertiary/aromatic N) is 2. The van der Waals surface area contributed by atoms with E-state index in [0.29, 0.717) is 16.5 Å². The monoisotopic (exact) mass is 409 g/mol. The molecule has 8 heteroatoms. The molecule has 1 atom stereocenters. The molecule has 2 heterocycles. The van der Waals surface area contributed by atoms with E-state index in [1.54, 1.807) is 18.7 Å². The summed E-state index contributed by atoms with van der Waals surface area (Å²) in [5.74, 6) is 0.532. The molecule has 0 saturated carbocycles. The van der Waals surface area contributed by atoms with Gasteiger partial charge < -0.3 is 11.1 Å². The van der Waals surface area contributed by atoms with Gasteiger partial charge in [-0.3, -0.25) is 14.8 Å². The molecule has 4 rings (SSSR count). The zero-order valence-electron chi connectivity index (χ0n) is 15.4. The van der Waals surface area contributed by atoms with Crippen molar-refractivity contribution in [3.8, 4) is 11.3 Å². The topological polar surface area (TPSA) is 84.4 Å². The Morgan fingerprint density at radius 3 is 2.64 bits per heavy atom. The van der Waals surface area contributed by atoms with Gasteiger partial charge in [0.05, 0.1) is 16.8 Å². The van der Waals surface area contributed by atoms with Gasteiger partial charge in [0.25, 0.3) is 0 Å². The van der Waals surface area contributed by atoms with Crippen molar-refractivity contribution in [2.24, 2.45) is 10.8 Å². The van der Waals surface area contributed by atoms with E-state index in [9.17, 15) is 4.79 Å². The molecule has 0 saturated heterocycles. The number of thiocarbonyl (C=S) groups is 1. The molecule has 1 aliphatic rings. The van der Waals surface area contributed by atoms with E-state index >= 15 is 0 Å². The lowest BCUT2D eigenvalue weighted by Gasteiger charge is -2.25. The van der Waals surface area contributed by atoms with Gasteiger partial charge in [-0.2, -0.15) is 5.10 Å². The van der Waals surface area contributed by atoms with Gasteiger partial charge >= 0.3 is 0 Å². The van der Waals surface area contributed by atoms with Crippen molar-refractivity contribution in [2.75, 3.05) is 6.26 Å². The molecule has 1 unspecified atom stereocenters. The Kier molecular flexibility index (Phi) is 4.92. The number of nitrogens with two attached hydrogens (primary N) is 1. The Balaban J connectivity index is 2.13. The first-order valence-corrected chi connectivity index (χ1v) is 10.3. The van der Waals surface area contributed by atoms with Gasteiger partial charge in [-0.25, -0.2) is 0 Å². The van der Waals surface area contributed by atoms with Gasteiger partial charge in [-0.05, 0) is 49.2 Å². The second kappa shape index (κ2) is 7.38. The summed E-state index contributed by atoms with van der Waals surface area (Å²) in [6, 6.07) is 15.9. The number of aromatic nitrogens is 1. The fraction of sp³-hybridized carbons (Fsp3) is 0.150. The number of rotatable bonds is 3. The summed E-state index contributed by atoms with van der Waals surface area (Å²) in [4.78, 5) is 13.8. The molecule has 0 bridgehead atoms. The van der Waals surface area contributed by atoms with E-state index in [4.69, 9.17) is 18.0 Å². The third-order valence-electron chi connectivity index (χ3n) is 4.64. The maximum Gasteiger partial charge on any atom is 0.188 e. The molecule has 0 spiro atoms. The van der Waals surface area contributed by atoms with Crippen LogP contribution in [0.4, 0.5) is 0 Å². The number of Topliss-reactive ketones (excluding diaryl/α,β-unsaturated/α-hetero) is 1. The summed E-state index contributed by atoms with van der Waals surface area (Å²) >= 11 is 6.75. The third kappa shape index (κ3) is 3.09. The highest BCUT2D eigenvalue weighted by atomic mass is 32.2. The SMILES string of the molecule is CSc1ccc2c(c1)c(C(C)=O)c(-c1ccccc1)n2C1=NNC(=S)NC1N. The first-order valence-electron chi connectivity index (χ1n) is 8.70. The fourth-order valence-corrected chi connectivity index (χ4v) is 4.08. The van der Waals surface area contributed by atoms with Crippen molar-refractivity contribution in [2.45, 2.75) is 18.0 Å². The van der Waals surface area contributed by atoms with Crippen LogP contribution in [0, 0.1) is 0 Å². The van der Waals surface area contributed by atoms with Gasteiger partial charge in [-0.1, -0.05) is 30.3 Å². The summed E-state index contributed by atoms with van der Waals surface area (Å²) in [7, 11) is 0. The fourth-order valence-electron chi connectivity index (χ4n) is 3.47. The Labute approximate surface area is 172 Å². The number of nitrogens with one attached hydrogen (secondary N) is 2. The van der Waals surface area contributed by atoms with Crippen molar-refractivity contribution in [3.05, 3.63) is 54.1 Å². The molecular formula is C20H19N5OS2. The number of benzene rings is 2. The van der Waals surface area contributed by atoms with Gasteiger partial charge in [0.1, 0.15) is 6.17 Å². The molecule has 28 heavy (non-hydrogen) atoms. The highest BCUT2D eigenvalue weighted by Gasteiger charge is 2.28. The molecule has 0 radical (unpaired) electrons. The normalized spacial score (nSPS) is 16.5. The molecule has 6 nitrogen and oxygen atoms in total. The lowest BCUT2D eigenvalue weighted by Crippen LogP contribution is -2.56. The quantitative estimate of drug-likeness (QED) is 0.350. The lowest BCUT2D eigenvalue weighted by molar-refractivity contribution is 0.102. The van der Waals surface area contributed by atoms with Crippen LogP contribution in [0.5, 0.6) is 0 Å². The van der Waals surface area contributed by atoms with Crippen LogP contribution in [0.3, 0.4) is 0 Å². The average Bonchev–Trinajstić information content (AvgIpc) is 3.03. The van der Waals surface area contributed by atoms with Gasteiger partial charge in [0, 0.05) is 10.3 Å². The van der Waals surface area contributed by atoms with Crippen LogP contribution >= 0.6 is 24.0 Å². The van der Waals surface area contributed by atoms with Crippen LogP contribution in [-0.4, -0.2) is 33.7 Å². The number of ketones is 1. The first kappa shape index (κ1) is 18.7. The second-order valence-corrected chi connectivity index (χ2v) is 7.69. The minimum absolute atomic E-state index is 0.0118. The largest absolute Gasteiger partial charge is 0.339 e. The van der Waals surface area contributed by atoms with Crippen LogP contribution < -0.4 is 16.5 Å². The van der Waals surface area contributed by atoms with Crippen molar-refractivity contribution in [1.82, 2.24) is 15.3 Å². The van der Waals surface area contributed by atoms with Crippen LogP contribution in [-0.2, 0) is 0 Å². The van der Waals surface area contributed by atoms with E-state index in [0.717, 1.165) is 27.1 Å². The summed E-state index contributed by atoms with van der Waals surface area (Å²) in [5, 5.41) is 8.63. The minimum Gasteiger partial charge on any atom is -0.339 e. The summed E-state index contributed by atoms with van der Waals surface area (Å²) in [6.45, 7) is 1.59. The van der Waals surface area contributed by atoms with Crippen molar-refractivity contribution in [1.29, 1.82) is 0 Å². The molecule has 1 aromatic heterocycles. The standard InChI is InChI=1S/C20H19N5OS2/c1-11(26)16-14-10-13(28-2)8-9-15(14)25(17(16)12-6-4-3-5-7-12)19-18(21)22-20(27)24-23-19/h3-10,18H,21H2,1-2H3,(H2,22,24,27). The highest BCUT2D eigenvalue weighted by Crippen LogP contribution is 2.36. The molecule has 3 aromatic rings. The Hall–Kier alpha value is -2.68. The number of carbonyl (C=O) groups excluding carboxylic acids is 1. The number of hydrazone groups is 1. The summed E-state index contributed by atoms with van der Waals surface area (Å²) in [6.07, 6.45) is 1.41. The zero-order valence-corrected chi connectivity index (χ0v) is 17.0. The van der Waals surface area contributed by atoms with Crippen LogP contribution in [0.1, 0.15) is 17.3 Å². The van der Waals surface area contributed by atoms with Gasteiger partial charge in [0.15, 0.2) is 16.7 Å². The first-order chi connectivity index (χ1) is 13.5. The van der Waals surface area contributed by atoms with E-state index in [2.05, 4.69) is 15.8 Å². The number of hydrogen-bond acceptors (Lipinski definition) is 5. The van der Waals surface area contributed by atoms with Gasteiger partial charge in [0.2, 0.25) is 0 Å².